The molecule has 1 heterocycles. The van der Waals surface area contributed by atoms with Gasteiger partial charge in [-0.25, -0.2) is 8.42 Å². The Bertz CT molecular complexity index is 897. The van der Waals surface area contributed by atoms with Gasteiger partial charge < -0.3 is 9.47 Å². The molecule has 8 heteroatoms. The van der Waals surface area contributed by atoms with Crippen molar-refractivity contribution in [2.24, 2.45) is 0 Å². The fourth-order valence-electron chi connectivity index (χ4n) is 2.93. The highest BCUT2D eigenvalue weighted by molar-refractivity contribution is 7.89. The summed E-state index contributed by atoms with van der Waals surface area (Å²) in [7, 11) is -2.27. The minimum atomic E-state index is -3.73. The molecule has 26 heavy (non-hydrogen) atoms. The first-order chi connectivity index (χ1) is 12.3. The average molecular weight is 416 g/mol. The van der Waals surface area contributed by atoms with Crippen LogP contribution < -0.4 is 4.74 Å². The molecule has 3 rings (SSSR count). The third-order valence-corrected chi connectivity index (χ3v) is 6.55. The normalized spacial score (nSPS) is 18.7. The topological polar surface area (TPSA) is 55.8 Å². The predicted molar refractivity (Wildman–Crippen MR) is 102 cm³/mol. The number of halogens is 2. The summed E-state index contributed by atoms with van der Waals surface area (Å²) in [5.41, 5.74) is 1.59. The Morgan fingerprint density at radius 1 is 1.15 bits per heavy atom. The van der Waals surface area contributed by atoms with E-state index >= 15 is 0 Å². The van der Waals surface area contributed by atoms with Crippen molar-refractivity contribution in [3.05, 3.63) is 57.6 Å². The van der Waals surface area contributed by atoms with Crippen LogP contribution in [0.25, 0.3) is 0 Å². The third-order valence-electron chi connectivity index (χ3n) is 4.22. The number of benzene rings is 2. The molecule has 1 fully saturated rings. The molecule has 1 unspecified atom stereocenters. The summed E-state index contributed by atoms with van der Waals surface area (Å²) >= 11 is 12.1. The zero-order chi connectivity index (χ0) is 18.9. The van der Waals surface area contributed by atoms with Gasteiger partial charge in [-0.15, -0.1) is 0 Å². The van der Waals surface area contributed by atoms with Crippen LogP contribution in [0.4, 0.5) is 0 Å². The average Bonchev–Trinajstić information content (AvgIpc) is 2.61. The van der Waals surface area contributed by atoms with Crippen molar-refractivity contribution >= 4 is 33.2 Å². The summed E-state index contributed by atoms with van der Waals surface area (Å²) in [6.07, 6.45) is -0.439. The van der Waals surface area contributed by atoms with Gasteiger partial charge in [0.2, 0.25) is 10.0 Å². The van der Waals surface area contributed by atoms with Crippen molar-refractivity contribution in [2.75, 3.05) is 26.8 Å². The second-order valence-corrected chi connectivity index (χ2v) is 8.86. The summed E-state index contributed by atoms with van der Waals surface area (Å²) < 4.78 is 38.8. The number of hydrogen-bond donors (Lipinski definition) is 0. The smallest absolute Gasteiger partial charge is 0.246 e. The Balaban J connectivity index is 1.93. The summed E-state index contributed by atoms with van der Waals surface area (Å²) in [5.74, 6) is 0.324. The van der Waals surface area contributed by atoms with Gasteiger partial charge in [0.1, 0.15) is 10.6 Å². The molecule has 2 aromatic rings. The monoisotopic (exact) mass is 415 g/mol. The molecule has 0 bridgehead atoms. The number of hydrogen-bond acceptors (Lipinski definition) is 4. The first-order valence-electron chi connectivity index (χ1n) is 8.03. The van der Waals surface area contributed by atoms with E-state index in [1.165, 1.54) is 11.4 Å². The van der Waals surface area contributed by atoms with E-state index < -0.39 is 16.1 Å². The minimum Gasteiger partial charge on any atom is -0.495 e. The van der Waals surface area contributed by atoms with E-state index in [9.17, 15) is 8.42 Å². The molecule has 1 atom stereocenters. The second kappa shape index (κ2) is 7.74. The van der Waals surface area contributed by atoms with Crippen molar-refractivity contribution in [3.8, 4) is 5.75 Å². The van der Waals surface area contributed by atoms with E-state index in [1.54, 1.807) is 30.3 Å². The maximum absolute atomic E-state index is 13.2. The number of morpholine rings is 1. The second-order valence-electron chi connectivity index (χ2n) is 6.08. The standard InChI is InChI=1S/C18H19Cl2NO4S/c1-12-3-4-16(24-2)18(7-12)26(22,23)21-5-6-25-17(11-21)13-8-14(19)10-15(20)9-13/h3-4,7-10,17H,5-6,11H2,1-2H3. The SMILES string of the molecule is COc1ccc(C)cc1S(=O)(=O)N1CCOC(c2cc(Cl)cc(Cl)c2)C1. The maximum Gasteiger partial charge on any atom is 0.246 e. The fraction of sp³-hybridized carbons (Fsp3) is 0.333. The van der Waals surface area contributed by atoms with Gasteiger partial charge in [0.25, 0.3) is 0 Å². The lowest BCUT2D eigenvalue weighted by Gasteiger charge is -2.32. The van der Waals surface area contributed by atoms with Gasteiger partial charge in [0.05, 0.1) is 19.8 Å². The molecule has 0 aliphatic carbocycles. The quantitative estimate of drug-likeness (QED) is 0.754. The van der Waals surface area contributed by atoms with E-state index in [1.807, 2.05) is 13.0 Å². The van der Waals surface area contributed by atoms with Crippen LogP contribution in [0.2, 0.25) is 10.0 Å². The summed E-state index contributed by atoms with van der Waals surface area (Å²) in [6.45, 7) is 2.57. The van der Waals surface area contributed by atoms with Crippen LogP contribution >= 0.6 is 23.2 Å². The van der Waals surface area contributed by atoms with Crippen LogP contribution in [0.3, 0.4) is 0 Å². The van der Waals surface area contributed by atoms with Crippen LogP contribution in [0.15, 0.2) is 41.3 Å². The minimum absolute atomic E-state index is 0.157. The number of sulfonamides is 1. The first kappa shape index (κ1) is 19.5. The molecule has 0 amide bonds. The molecule has 0 N–H and O–H groups in total. The zero-order valence-corrected chi connectivity index (χ0v) is 16.7. The molecular formula is C18H19Cl2NO4S. The Kier molecular flexibility index (Phi) is 5.79. The van der Waals surface area contributed by atoms with Gasteiger partial charge in [0, 0.05) is 23.1 Å². The van der Waals surface area contributed by atoms with Gasteiger partial charge in [-0.05, 0) is 48.4 Å². The lowest BCUT2D eigenvalue weighted by molar-refractivity contribution is -0.00258. The van der Waals surface area contributed by atoms with Crippen LogP contribution in [-0.2, 0) is 14.8 Å². The summed E-state index contributed by atoms with van der Waals surface area (Å²) in [6, 6.07) is 10.2. The first-order valence-corrected chi connectivity index (χ1v) is 10.2. The van der Waals surface area contributed by atoms with Crippen LogP contribution in [0.5, 0.6) is 5.75 Å². The Labute approximate surface area is 163 Å². The van der Waals surface area contributed by atoms with Gasteiger partial charge in [-0.1, -0.05) is 29.3 Å². The van der Waals surface area contributed by atoms with Crippen LogP contribution in [0.1, 0.15) is 17.2 Å². The molecule has 1 saturated heterocycles. The maximum atomic E-state index is 13.2. The number of aryl methyl sites for hydroxylation is 1. The molecule has 1 aliphatic heterocycles. The van der Waals surface area contributed by atoms with Crippen LogP contribution in [0, 0.1) is 6.92 Å². The van der Waals surface area contributed by atoms with Gasteiger partial charge in [0.15, 0.2) is 0 Å². The number of ether oxygens (including phenoxy) is 2. The highest BCUT2D eigenvalue weighted by Gasteiger charge is 2.33. The highest BCUT2D eigenvalue weighted by Crippen LogP contribution is 2.33. The Hall–Kier alpha value is -1.31. The van der Waals surface area contributed by atoms with Crippen molar-refractivity contribution in [3.63, 3.8) is 0 Å². The molecule has 140 valence electrons. The van der Waals surface area contributed by atoms with Crippen LogP contribution in [-0.4, -0.2) is 39.5 Å². The van der Waals surface area contributed by atoms with Crippen molar-refractivity contribution in [1.82, 2.24) is 4.31 Å². The van der Waals surface area contributed by atoms with Gasteiger partial charge in [-0.3, -0.25) is 0 Å². The number of nitrogens with zero attached hydrogens (tertiary/aromatic N) is 1. The van der Waals surface area contributed by atoms with Crippen molar-refractivity contribution < 1.29 is 17.9 Å². The molecule has 0 saturated carbocycles. The largest absolute Gasteiger partial charge is 0.495 e. The predicted octanol–water partition coefficient (Wildman–Crippen LogP) is 4.07. The van der Waals surface area contributed by atoms with Gasteiger partial charge >= 0.3 is 0 Å². The molecule has 2 aromatic carbocycles. The van der Waals surface area contributed by atoms with Crippen molar-refractivity contribution in [2.45, 2.75) is 17.9 Å². The molecule has 0 aromatic heterocycles. The molecule has 0 spiro atoms. The molecule has 5 nitrogen and oxygen atoms in total. The van der Waals surface area contributed by atoms with E-state index in [-0.39, 0.29) is 24.6 Å². The Morgan fingerprint density at radius 2 is 1.85 bits per heavy atom. The van der Waals surface area contributed by atoms with E-state index in [4.69, 9.17) is 32.7 Å². The molecular weight excluding hydrogens is 397 g/mol. The summed E-state index contributed by atoms with van der Waals surface area (Å²) in [5, 5.41) is 0.966. The number of methoxy groups -OCH3 is 1. The lowest BCUT2D eigenvalue weighted by atomic mass is 10.1. The lowest BCUT2D eigenvalue weighted by Crippen LogP contribution is -2.42. The molecule has 0 radical (unpaired) electrons. The Morgan fingerprint density at radius 3 is 2.50 bits per heavy atom. The van der Waals surface area contributed by atoms with E-state index in [0.717, 1.165) is 11.1 Å². The third kappa shape index (κ3) is 4.00. The van der Waals surface area contributed by atoms with Crippen molar-refractivity contribution in [1.29, 1.82) is 0 Å². The zero-order valence-electron chi connectivity index (χ0n) is 14.4. The highest BCUT2D eigenvalue weighted by atomic mass is 35.5. The van der Waals surface area contributed by atoms with E-state index in [2.05, 4.69) is 0 Å². The summed E-state index contributed by atoms with van der Waals surface area (Å²) in [4.78, 5) is 0.157. The fourth-order valence-corrected chi connectivity index (χ4v) is 5.14. The molecule has 1 aliphatic rings. The van der Waals surface area contributed by atoms with E-state index in [0.29, 0.717) is 15.8 Å². The van der Waals surface area contributed by atoms with Gasteiger partial charge in [-0.2, -0.15) is 4.31 Å². The number of rotatable bonds is 4.